The quantitative estimate of drug-likeness (QED) is 0.757. The van der Waals surface area contributed by atoms with Gasteiger partial charge in [-0.15, -0.1) is 11.3 Å². The van der Waals surface area contributed by atoms with Crippen molar-refractivity contribution in [3.8, 4) is 5.75 Å². The molecule has 5 heteroatoms. The van der Waals surface area contributed by atoms with Gasteiger partial charge in [-0.3, -0.25) is 4.79 Å². The van der Waals surface area contributed by atoms with E-state index in [1.54, 1.807) is 11.3 Å². The normalized spacial score (nSPS) is 15.1. The van der Waals surface area contributed by atoms with Crippen molar-refractivity contribution in [2.24, 2.45) is 0 Å². The monoisotopic (exact) mass is 359 g/mol. The number of carbonyl (C=O) groups excluding carboxylic acids is 1. The highest BCUT2D eigenvalue weighted by Gasteiger charge is 2.26. The average molecular weight is 359 g/mol. The number of hydrogen-bond donors (Lipinski definition) is 0. The van der Waals surface area contributed by atoms with Crippen molar-refractivity contribution in [3.05, 3.63) is 52.2 Å². The van der Waals surface area contributed by atoms with Crippen molar-refractivity contribution >= 4 is 17.2 Å². The van der Waals surface area contributed by atoms with E-state index in [0.29, 0.717) is 0 Å². The number of thiophene rings is 1. The lowest BCUT2D eigenvalue weighted by Crippen LogP contribution is -2.46. The van der Waals surface area contributed by atoms with E-state index in [-0.39, 0.29) is 18.6 Å². The first kappa shape index (κ1) is 18.0. The van der Waals surface area contributed by atoms with Crippen molar-refractivity contribution < 1.29 is 14.3 Å². The molecule has 0 spiro atoms. The maximum Gasteiger partial charge on any atom is 0.260 e. The van der Waals surface area contributed by atoms with Crippen LogP contribution in [0.1, 0.15) is 23.3 Å². The molecule has 0 unspecified atom stereocenters. The van der Waals surface area contributed by atoms with Gasteiger partial charge in [-0.25, -0.2) is 0 Å². The molecule has 134 valence electrons. The van der Waals surface area contributed by atoms with Gasteiger partial charge in [0, 0.05) is 30.7 Å². The zero-order valence-electron chi connectivity index (χ0n) is 14.6. The molecule has 25 heavy (non-hydrogen) atoms. The standard InChI is InChI=1S/C20H25NO3S/c1-16-4-6-18(7-5-16)24-15-20(22)21(17-9-12-23-13-10-17)11-8-19-3-2-14-25-19/h2-7,14,17H,8-13,15H2,1H3. The van der Waals surface area contributed by atoms with Crippen LogP contribution in [0.4, 0.5) is 0 Å². The van der Waals surface area contributed by atoms with Crippen LogP contribution in [0.15, 0.2) is 41.8 Å². The van der Waals surface area contributed by atoms with Gasteiger partial charge >= 0.3 is 0 Å². The minimum absolute atomic E-state index is 0.0593. The van der Waals surface area contributed by atoms with Gasteiger partial charge in [0.05, 0.1) is 0 Å². The molecule has 4 nitrogen and oxygen atoms in total. The fourth-order valence-corrected chi connectivity index (χ4v) is 3.75. The highest BCUT2D eigenvalue weighted by molar-refractivity contribution is 7.09. The highest BCUT2D eigenvalue weighted by atomic mass is 32.1. The van der Waals surface area contributed by atoms with Crippen LogP contribution >= 0.6 is 11.3 Å². The topological polar surface area (TPSA) is 38.8 Å². The molecular weight excluding hydrogens is 334 g/mol. The van der Waals surface area contributed by atoms with E-state index in [1.165, 1.54) is 10.4 Å². The second-order valence-electron chi connectivity index (χ2n) is 6.36. The second-order valence-corrected chi connectivity index (χ2v) is 7.39. The Hall–Kier alpha value is -1.85. The van der Waals surface area contributed by atoms with Crippen LogP contribution in [0, 0.1) is 6.92 Å². The van der Waals surface area contributed by atoms with Crippen molar-refractivity contribution in [1.82, 2.24) is 4.90 Å². The predicted molar refractivity (Wildman–Crippen MR) is 100 cm³/mol. The van der Waals surface area contributed by atoms with Crippen LogP contribution in [-0.4, -0.2) is 43.2 Å². The van der Waals surface area contributed by atoms with E-state index in [2.05, 4.69) is 17.5 Å². The van der Waals surface area contributed by atoms with Gasteiger partial charge in [0.1, 0.15) is 5.75 Å². The summed E-state index contributed by atoms with van der Waals surface area (Å²) in [5, 5.41) is 2.08. The SMILES string of the molecule is Cc1ccc(OCC(=O)N(CCc2cccs2)C2CCOCC2)cc1. The van der Waals surface area contributed by atoms with Crippen LogP contribution in [-0.2, 0) is 16.0 Å². The molecule has 1 aliphatic heterocycles. The zero-order chi connectivity index (χ0) is 17.5. The number of nitrogens with zero attached hydrogens (tertiary/aromatic N) is 1. The first-order chi connectivity index (χ1) is 12.2. The Balaban J connectivity index is 1.59. The fourth-order valence-electron chi connectivity index (χ4n) is 3.06. The number of hydrogen-bond acceptors (Lipinski definition) is 4. The maximum absolute atomic E-state index is 12.8. The third-order valence-corrected chi connectivity index (χ3v) is 5.45. The Labute approximate surface area is 153 Å². The van der Waals surface area contributed by atoms with Gasteiger partial charge in [0.2, 0.25) is 0 Å². The lowest BCUT2D eigenvalue weighted by Gasteiger charge is -2.34. The number of benzene rings is 1. The van der Waals surface area contributed by atoms with Crippen LogP contribution in [0.2, 0.25) is 0 Å². The molecule has 1 amide bonds. The molecule has 1 fully saturated rings. The molecule has 0 aliphatic carbocycles. The first-order valence-corrected chi connectivity index (χ1v) is 9.69. The lowest BCUT2D eigenvalue weighted by molar-refractivity contribution is -0.137. The molecule has 0 N–H and O–H groups in total. The average Bonchev–Trinajstić information content (AvgIpc) is 3.16. The number of ether oxygens (including phenoxy) is 2. The number of aryl methyl sites for hydroxylation is 1. The fraction of sp³-hybridized carbons (Fsp3) is 0.450. The van der Waals surface area contributed by atoms with E-state index >= 15 is 0 Å². The van der Waals surface area contributed by atoms with Crippen LogP contribution in [0.5, 0.6) is 5.75 Å². The Morgan fingerprint density at radius 2 is 2.00 bits per heavy atom. The van der Waals surface area contributed by atoms with Gasteiger partial charge in [0.15, 0.2) is 6.61 Å². The van der Waals surface area contributed by atoms with Gasteiger partial charge in [0.25, 0.3) is 5.91 Å². The van der Waals surface area contributed by atoms with Gasteiger partial charge in [-0.2, -0.15) is 0 Å². The van der Waals surface area contributed by atoms with E-state index < -0.39 is 0 Å². The van der Waals surface area contributed by atoms with E-state index in [9.17, 15) is 4.79 Å². The third-order valence-electron chi connectivity index (χ3n) is 4.51. The Kier molecular flexibility index (Phi) is 6.48. The number of amides is 1. The minimum atomic E-state index is 0.0593. The molecule has 0 saturated carbocycles. The Morgan fingerprint density at radius 3 is 2.68 bits per heavy atom. The summed E-state index contributed by atoms with van der Waals surface area (Å²) in [6, 6.07) is 12.2. The Morgan fingerprint density at radius 1 is 1.24 bits per heavy atom. The molecule has 1 aromatic carbocycles. The highest BCUT2D eigenvalue weighted by Crippen LogP contribution is 2.18. The molecule has 1 aliphatic rings. The molecule has 0 radical (unpaired) electrons. The molecule has 1 aromatic heterocycles. The summed E-state index contributed by atoms with van der Waals surface area (Å²) in [6.07, 6.45) is 2.70. The first-order valence-electron chi connectivity index (χ1n) is 8.81. The number of carbonyl (C=O) groups is 1. The van der Waals surface area contributed by atoms with Crippen molar-refractivity contribution in [1.29, 1.82) is 0 Å². The molecule has 2 aromatic rings. The van der Waals surface area contributed by atoms with Crippen LogP contribution in [0.25, 0.3) is 0 Å². The smallest absolute Gasteiger partial charge is 0.260 e. The maximum atomic E-state index is 12.8. The Bertz CT molecular complexity index is 648. The van der Waals surface area contributed by atoms with E-state index in [1.807, 2.05) is 36.1 Å². The van der Waals surface area contributed by atoms with Crippen molar-refractivity contribution in [3.63, 3.8) is 0 Å². The summed E-state index contributed by atoms with van der Waals surface area (Å²) in [6.45, 7) is 4.32. The van der Waals surface area contributed by atoms with Crippen LogP contribution < -0.4 is 4.74 Å². The van der Waals surface area contributed by atoms with Gasteiger partial charge in [-0.05, 0) is 49.8 Å². The minimum Gasteiger partial charge on any atom is -0.484 e. The van der Waals surface area contributed by atoms with Crippen molar-refractivity contribution in [2.45, 2.75) is 32.2 Å². The second kappa shape index (κ2) is 9.02. The summed E-state index contributed by atoms with van der Waals surface area (Å²) in [7, 11) is 0. The molecule has 1 saturated heterocycles. The summed E-state index contributed by atoms with van der Waals surface area (Å²) in [5.74, 6) is 0.799. The largest absolute Gasteiger partial charge is 0.484 e. The van der Waals surface area contributed by atoms with E-state index in [4.69, 9.17) is 9.47 Å². The summed E-state index contributed by atoms with van der Waals surface area (Å²) in [4.78, 5) is 16.1. The molecule has 0 atom stereocenters. The third kappa shape index (κ3) is 5.31. The van der Waals surface area contributed by atoms with Crippen molar-refractivity contribution in [2.75, 3.05) is 26.4 Å². The lowest BCUT2D eigenvalue weighted by atomic mass is 10.1. The molecule has 0 bridgehead atoms. The number of rotatable bonds is 7. The summed E-state index contributed by atoms with van der Waals surface area (Å²) < 4.78 is 11.2. The van der Waals surface area contributed by atoms with E-state index in [0.717, 1.165) is 44.8 Å². The van der Waals surface area contributed by atoms with Gasteiger partial charge in [-0.1, -0.05) is 23.8 Å². The molecule has 2 heterocycles. The molecule has 3 rings (SSSR count). The predicted octanol–water partition coefficient (Wildman–Crippen LogP) is 3.69. The summed E-state index contributed by atoms with van der Waals surface area (Å²) in [5.41, 5.74) is 1.18. The van der Waals surface area contributed by atoms with Crippen LogP contribution in [0.3, 0.4) is 0 Å². The van der Waals surface area contributed by atoms with Gasteiger partial charge < -0.3 is 14.4 Å². The summed E-state index contributed by atoms with van der Waals surface area (Å²) >= 11 is 1.74. The molecular formula is C20H25NO3S. The zero-order valence-corrected chi connectivity index (χ0v) is 15.5.